The van der Waals surface area contributed by atoms with E-state index in [1.807, 2.05) is 18.4 Å². The molecule has 0 spiro atoms. The molecule has 0 radical (unpaired) electrons. The van der Waals surface area contributed by atoms with Crippen LogP contribution in [0.15, 0.2) is 22.7 Å². The van der Waals surface area contributed by atoms with Gasteiger partial charge in [-0.2, -0.15) is 0 Å². The van der Waals surface area contributed by atoms with Gasteiger partial charge in [-0.05, 0) is 32.0 Å². The van der Waals surface area contributed by atoms with E-state index < -0.39 is 0 Å². The monoisotopic (exact) mass is 339 g/mol. The maximum Gasteiger partial charge on any atom is 0.133 e. The first-order valence-electron chi connectivity index (χ1n) is 6.66. The van der Waals surface area contributed by atoms with Crippen molar-refractivity contribution < 1.29 is 4.39 Å². The topological polar surface area (TPSA) is 43.8 Å². The molecule has 0 saturated heterocycles. The lowest BCUT2D eigenvalue weighted by Gasteiger charge is -2.15. The van der Waals surface area contributed by atoms with Crippen LogP contribution in [0.5, 0.6) is 0 Å². The van der Waals surface area contributed by atoms with Gasteiger partial charge in [-0.25, -0.2) is 9.37 Å². The molecule has 1 aromatic heterocycles. The van der Waals surface area contributed by atoms with Crippen LogP contribution in [0.4, 0.5) is 10.2 Å². The van der Waals surface area contributed by atoms with E-state index in [1.54, 1.807) is 12.1 Å². The minimum Gasteiger partial charge on any atom is -0.383 e. The number of nitrogens with two attached hydrogens (primary N) is 1. The van der Waals surface area contributed by atoms with Crippen molar-refractivity contribution in [3.63, 3.8) is 0 Å². The normalized spacial score (nSPS) is 11.6. The first kappa shape index (κ1) is 15.0. The van der Waals surface area contributed by atoms with Gasteiger partial charge in [0.2, 0.25) is 0 Å². The third-order valence-corrected chi connectivity index (χ3v) is 3.69. The smallest absolute Gasteiger partial charge is 0.133 e. The van der Waals surface area contributed by atoms with E-state index in [1.165, 1.54) is 6.07 Å². The summed E-state index contributed by atoms with van der Waals surface area (Å²) in [5.74, 6) is 1.31. The van der Waals surface area contributed by atoms with Gasteiger partial charge in [0.15, 0.2) is 0 Å². The summed E-state index contributed by atoms with van der Waals surface area (Å²) < 4.78 is 16.8. The molecule has 2 N–H and O–H groups in total. The fourth-order valence-electron chi connectivity index (χ4n) is 2.29. The zero-order chi connectivity index (χ0) is 15.0. The predicted molar refractivity (Wildman–Crippen MR) is 84.2 cm³/mol. The molecule has 5 heteroatoms. The standard InChI is InChI=1S/C15H19BrFN3/c1-8(2)15-19-13(14(18)20(15)9(3)4)11-6-5-10(16)7-12(11)17/h5-9H,18H2,1-4H3. The highest BCUT2D eigenvalue weighted by Gasteiger charge is 2.21. The van der Waals surface area contributed by atoms with Crippen LogP contribution in [-0.4, -0.2) is 9.55 Å². The first-order chi connectivity index (χ1) is 9.32. The Bertz CT molecular complexity index is 632. The number of rotatable bonds is 3. The Morgan fingerprint density at radius 2 is 1.90 bits per heavy atom. The molecule has 0 unspecified atom stereocenters. The molecule has 0 amide bonds. The van der Waals surface area contributed by atoms with Gasteiger partial charge < -0.3 is 10.3 Å². The Hall–Kier alpha value is -1.36. The molecule has 0 atom stereocenters. The first-order valence-corrected chi connectivity index (χ1v) is 7.45. The molecule has 1 heterocycles. The molecule has 0 aliphatic heterocycles. The molecule has 0 aliphatic carbocycles. The Balaban J connectivity index is 2.66. The lowest BCUT2D eigenvalue weighted by Crippen LogP contribution is -2.10. The van der Waals surface area contributed by atoms with Crippen molar-refractivity contribution in [2.24, 2.45) is 0 Å². The highest BCUT2D eigenvalue weighted by molar-refractivity contribution is 9.10. The van der Waals surface area contributed by atoms with Gasteiger partial charge in [0.05, 0.1) is 0 Å². The number of benzene rings is 1. The maximum atomic E-state index is 14.1. The van der Waals surface area contributed by atoms with E-state index in [-0.39, 0.29) is 17.8 Å². The largest absolute Gasteiger partial charge is 0.383 e. The molecular weight excluding hydrogens is 321 g/mol. The van der Waals surface area contributed by atoms with Crippen molar-refractivity contribution in [3.05, 3.63) is 34.3 Å². The molecule has 1 aromatic carbocycles. The molecule has 108 valence electrons. The van der Waals surface area contributed by atoms with Crippen LogP contribution in [0.25, 0.3) is 11.3 Å². The average molecular weight is 340 g/mol. The Kier molecular flexibility index (Phi) is 4.18. The molecule has 0 aliphatic rings. The maximum absolute atomic E-state index is 14.1. The van der Waals surface area contributed by atoms with Crippen LogP contribution in [0, 0.1) is 5.82 Å². The lowest BCUT2D eigenvalue weighted by atomic mass is 10.1. The van der Waals surface area contributed by atoms with Gasteiger partial charge in [0, 0.05) is 22.0 Å². The molecule has 0 saturated carbocycles. The average Bonchev–Trinajstić information content (AvgIpc) is 2.67. The van der Waals surface area contributed by atoms with E-state index >= 15 is 0 Å². The van der Waals surface area contributed by atoms with Crippen LogP contribution in [0.1, 0.15) is 45.5 Å². The third kappa shape index (κ3) is 2.59. The zero-order valence-electron chi connectivity index (χ0n) is 12.1. The SMILES string of the molecule is CC(C)c1nc(-c2ccc(Br)cc2F)c(N)n1C(C)C. The van der Waals surface area contributed by atoms with E-state index in [0.29, 0.717) is 21.5 Å². The van der Waals surface area contributed by atoms with Crippen LogP contribution in [0.3, 0.4) is 0 Å². The molecular formula is C15H19BrFN3. The van der Waals surface area contributed by atoms with Gasteiger partial charge >= 0.3 is 0 Å². The molecule has 0 fully saturated rings. The van der Waals surface area contributed by atoms with Crippen molar-refractivity contribution in [3.8, 4) is 11.3 Å². The van der Waals surface area contributed by atoms with Crippen molar-refractivity contribution >= 4 is 21.7 Å². The molecule has 2 aromatic rings. The van der Waals surface area contributed by atoms with Gasteiger partial charge in [0.1, 0.15) is 23.2 Å². The number of nitrogen functional groups attached to an aromatic ring is 1. The fraction of sp³-hybridized carbons (Fsp3) is 0.400. The minimum absolute atomic E-state index is 0.187. The van der Waals surface area contributed by atoms with Gasteiger partial charge in [0.25, 0.3) is 0 Å². The molecule has 0 bridgehead atoms. The van der Waals surface area contributed by atoms with Gasteiger partial charge in [-0.15, -0.1) is 0 Å². The second-order valence-electron chi connectivity index (χ2n) is 5.45. The number of nitrogens with zero attached hydrogens (tertiary/aromatic N) is 2. The minimum atomic E-state index is -0.324. The molecule has 20 heavy (non-hydrogen) atoms. The Labute approximate surface area is 127 Å². The summed E-state index contributed by atoms with van der Waals surface area (Å²) in [6.07, 6.45) is 0. The lowest BCUT2D eigenvalue weighted by molar-refractivity contribution is 0.556. The summed E-state index contributed by atoms with van der Waals surface area (Å²) in [5, 5.41) is 0. The summed E-state index contributed by atoms with van der Waals surface area (Å²) in [7, 11) is 0. The second-order valence-corrected chi connectivity index (χ2v) is 6.36. The quantitative estimate of drug-likeness (QED) is 0.877. The number of hydrogen-bond acceptors (Lipinski definition) is 2. The van der Waals surface area contributed by atoms with Crippen LogP contribution in [0.2, 0.25) is 0 Å². The third-order valence-electron chi connectivity index (χ3n) is 3.19. The number of aromatic nitrogens is 2. The van der Waals surface area contributed by atoms with Crippen LogP contribution < -0.4 is 5.73 Å². The number of anilines is 1. The van der Waals surface area contributed by atoms with E-state index in [9.17, 15) is 4.39 Å². The summed E-state index contributed by atoms with van der Waals surface area (Å²) in [5.41, 5.74) is 7.16. The van der Waals surface area contributed by atoms with E-state index in [4.69, 9.17) is 5.73 Å². The predicted octanol–water partition coefficient (Wildman–Crippen LogP) is 4.74. The molecule has 3 nitrogen and oxygen atoms in total. The number of hydrogen-bond donors (Lipinski definition) is 1. The second kappa shape index (κ2) is 5.56. The van der Waals surface area contributed by atoms with Crippen molar-refractivity contribution in [1.29, 1.82) is 0 Å². The van der Waals surface area contributed by atoms with Gasteiger partial charge in [-0.1, -0.05) is 29.8 Å². The van der Waals surface area contributed by atoms with Crippen LogP contribution >= 0.6 is 15.9 Å². The fourth-order valence-corrected chi connectivity index (χ4v) is 2.63. The Morgan fingerprint density at radius 3 is 2.35 bits per heavy atom. The van der Waals surface area contributed by atoms with E-state index in [0.717, 1.165) is 5.82 Å². The number of halogens is 2. The zero-order valence-corrected chi connectivity index (χ0v) is 13.7. The molecule has 2 rings (SSSR count). The summed E-state index contributed by atoms with van der Waals surface area (Å²) in [4.78, 5) is 4.57. The van der Waals surface area contributed by atoms with Crippen molar-refractivity contribution in [2.75, 3.05) is 5.73 Å². The highest BCUT2D eigenvalue weighted by Crippen LogP contribution is 2.34. The van der Waals surface area contributed by atoms with Crippen LogP contribution in [-0.2, 0) is 0 Å². The van der Waals surface area contributed by atoms with Crippen molar-refractivity contribution in [2.45, 2.75) is 39.7 Å². The van der Waals surface area contributed by atoms with E-state index in [2.05, 4.69) is 34.8 Å². The summed E-state index contributed by atoms with van der Waals surface area (Å²) >= 11 is 3.26. The summed E-state index contributed by atoms with van der Waals surface area (Å²) in [6, 6.07) is 5.11. The number of imidazole rings is 1. The van der Waals surface area contributed by atoms with Crippen molar-refractivity contribution in [1.82, 2.24) is 9.55 Å². The highest BCUT2D eigenvalue weighted by atomic mass is 79.9. The Morgan fingerprint density at radius 1 is 1.25 bits per heavy atom. The summed E-state index contributed by atoms with van der Waals surface area (Å²) in [6.45, 7) is 8.21. The van der Waals surface area contributed by atoms with Gasteiger partial charge in [-0.3, -0.25) is 0 Å².